The smallest absolute Gasteiger partial charge is 0.269 e. The summed E-state index contributed by atoms with van der Waals surface area (Å²) < 4.78 is 10.5. The van der Waals surface area contributed by atoms with Crippen LogP contribution in [0.1, 0.15) is 24.1 Å². The van der Waals surface area contributed by atoms with E-state index in [-0.39, 0.29) is 17.6 Å². The van der Waals surface area contributed by atoms with Crippen LogP contribution in [-0.2, 0) is 10.5 Å². The third-order valence-electron chi connectivity index (χ3n) is 3.93. The Kier molecular flexibility index (Phi) is 7.48. The van der Waals surface area contributed by atoms with Crippen LogP contribution in [0.5, 0.6) is 11.5 Å². The molecule has 1 atom stereocenters. The van der Waals surface area contributed by atoms with Crippen molar-refractivity contribution in [3.63, 3.8) is 0 Å². The fraction of sp³-hybridized carbons (Fsp3) is 0.316. The molecule has 0 bridgehead atoms. The molecule has 0 aromatic heterocycles. The molecule has 0 unspecified atom stereocenters. The number of benzene rings is 2. The van der Waals surface area contributed by atoms with Crippen LogP contribution in [0.3, 0.4) is 0 Å². The molecular formula is C19H22N2O5S. The second-order valence-corrected chi connectivity index (χ2v) is 6.81. The first-order chi connectivity index (χ1) is 12.9. The predicted octanol–water partition coefficient (Wildman–Crippen LogP) is 3.72. The number of hydrogen-bond acceptors (Lipinski definition) is 6. The minimum absolute atomic E-state index is 0.0604. The number of nitro groups is 1. The molecule has 0 aliphatic rings. The highest BCUT2D eigenvalue weighted by Gasteiger charge is 2.13. The molecule has 0 heterocycles. The molecule has 2 aromatic carbocycles. The van der Waals surface area contributed by atoms with Gasteiger partial charge in [-0.25, -0.2) is 0 Å². The number of non-ortho nitro benzene ring substituents is 1. The second-order valence-electron chi connectivity index (χ2n) is 5.82. The van der Waals surface area contributed by atoms with Crippen LogP contribution in [-0.4, -0.2) is 30.8 Å². The van der Waals surface area contributed by atoms with E-state index in [0.717, 1.165) is 11.1 Å². The lowest BCUT2D eigenvalue weighted by molar-refractivity contribution is -0.384. The summed E-state index contributed by atoms with van der Waals surface area (Å²) in [4.78, 5) is 22.4. The van der Waals surface area contributed by atoms with Crippen LogP contribution in [0.4, 0.5) is 5.69 Å². The highest BCUT2D eigenvalue weighted by Crippen LogP contribution is 2.29. The summed E-state index contributed by atoms with van der Waals surface area (Å²) in [7, 11) is 3.14. The first-order valence-corrected chi connectivity index (χ1v) is 9.42. The quantitative estimate of drug-likeness (QED) is 0.518. The Labute approximate surface area is 162 Å². The van der Waals surface area contributed by atoms with E-state index in [1.807, 2.05) is 19.1 Å². The van der Waals surface area contributed by atoms with Crippen LogP contribution >= 0.6 is 11.8 Å². The van der Waals surface area contributed by atoms with Gasteiger partial charge in [-0.3, -0.25) is 14.9 Å². The van der Waals surface area contributed by atoms with E-state index in [2.05, 4.69) is 5.32 Å². The second kappa shape index (κ2) is 9.82. The van der Waals surface area contributed by atoms with Crippen molar-refractivity contribution >= 4 is 23.4 Å². The van der Waals surface area contributed by atoms with E-state index in [4.69, 9.17) is 9.47 Å². The number of carbonyl (C=O) groups excluding carboxylic acids is 1. The first kappa shape index (κ1) is 20.6. The average molecular weight is 390 g/mol. The first-order valence-electron chi connectivity index (χ1n) is 8.27. The van der Waals surface area contributed by atoms with Gasteiger partial charge in [0.1, 0.15) is 0 Å². The maximum atomic E-state index is 12.2. The molecule has 1 amide bonds. The largest absolute Gasteiger partial charge is 0.493 e. The highest BCUT2D eigenvalue weighted by atomic mass is 32.2. The molecular weight excluding hydrogens is 368 g/mol. The zero-order valence-corrected chi connectivity index (χ0v) is 16.2. The maximum absolute atomic E-state index is 12.2. The van der Waals surface area contributed by atoms with Crippen molar-refractivity contribution in [3.05, 3.63) is 63.7 Å². The number of rotatable bonds is 9. The third kappa shape index (κ3) is 5.89. The van der Waals surface area contributed by atoms with Gasteiger partial charge in [-0.2, -0.15) is 0 Å². The monoisotopic (exact) mass is 390 g/mol. The minimum atomic E-state index is -0.431. The number of nitro benzene ring substituents is 1. The number of amides is 1. The van der Waals surface area contributed by atoms with Gasteiger partial charge in [0.15, 0.2) is 11.5 Å². The SMILES string of the molecule is COc1ccc([C@H](C)NC(=O)CSCc2ccc([N+](=O)[O-])cc2)cc1OC. The lowest BCUT2D eigenvalue weighted by atomic mass is 10.1. The lowest BCUT2D eigenvalue weighted by Crippen LogP contribution is -2.28. The van der Waals surface area contributed by atoms with E-state index >= 15 is 0 Å². The standard InChI is InChI=1S/C19H22N2O5S/c1-13(15-6-9-17(25-2)18(10-15)26-3)20-19(22)12-27-11-14-4-7-16(8-5-14)21(23)24/h4-10,13H,11-12H2,1-3H3,(H,20,22)/t13-/m0/s1. The normalized spacial score (nSPS) is 11.5. The molecule has 0 radical (unpaired) electrons. The summed E-state index contributed by atoms with van der Waals surface area (Å²) in [5, 5.41) is 13.6. The summed E-state index contributed by atoms with van der Waals surface area (Å²) in [6.07, 6.45) is 0. The molecule has 2 rings (SSSR count). The van der Waals surface area contributed by atoms with Crippen molar-refractivity contribution in [1.82, 2.24) is 5.32 Å². The molecule has 0 saturated heterocycles. The van der Waals surface area contributed by atoms with Gasteiger partial charge in [0.25, 0.3) is 5.69 Å². The molecule has 27 heavy (non-hydrogen) atoms. The van der Waals surface area contributed by atoms with Gasteiger partial charge in [0.2, 0.25) is 5.91 Å². The molecule has 0 fully saturated rings. The van der Waals surface area contributed by atoms with Crippen molar-refractivity contribution < 1.29 is 19.2 Å². The molecule has 0 aliphatic heterocycles. The zero-order chi connectivity index (χ0) is 19.8. The fourth-order valence-electron chi connectivity index (χ4n) is 2.46. The Bertz CT molecular complexity index is 795. The third-order valence-corrected chi connectivity index (χ3v) is 4.94. The molecule has 2 aromatic rings. The number of nitrogens with zero attached hydrogens (tertiary/aromatic N) is 1. The Morgan fingerprint density at radius 3 is 2.41 bits per heavy atom. The van der Waals surface area contributed by atoms with Gasteiger partial charge in [0, 0.05) is 17.9 Å². The van der Waals surface area contributed by atoms with Crippen molar-refractivity contribution in [1.29, 1.82) is 0 Å². The van der Waals surface area contributed by atoms with Gasteiger partial charge in [-0.05, 0) is 30.2 Å². The Morgan fingerprint density at radius 1 is 1.15 bits per heavy atom. The zero-order valence-electron chi connectivity index (χ0n) is 15.4. The molecule has 0 aliphatic carbocycles. The Balaban J connectivity index is 1.83. The fourth-order valence-corrected chi connectivity index (χ4v) is 3.26. The molecule has 144 valence electrons. The average Bonchev–Trinajstić information content (AvgIpc) is 2.67. The van der Waals surface area contributed by atoms with Crippen molar-refractivity contribution in [2.24, 2.45) is 0 Å². The van der Waals surface area contributed by atoms with Crippen LogP contribution in [0, 0.1) is 10.1 Å². The summed E-state index contributed by atoms with van der Waals surface area (Å²) in [5.41, 5.74) is 1.91. The number of nitrogens with one attached hydrogen (secondary N) is 1. The number of methoxy groups -OCH3 is 2. The van der Waals surface area contributed by atoms with E-state index in [1.54, 1.807) is 32.4 Å². The Hall–Kier alpha value is -2.74. The number of thioether (sulfide) groups is 1. The van der Waals surface area contributed by atoms with Gasteiger partial charge >= 0.3 is 0 Å². The predicted molar refractivity (Wildman–Crippen MR) is 105 cm³/mol. The minimum Gasteiger partial charge on any atom is -0.493 e. The summed E-state index contributed by atoms with van der Waals surface area (Å²) in [5.74, 6) is 2.08. The van der Waals surface area contributed by atoms with E-state index < -0.39 is 4.92 Å². The summed E-state index contributed by atoms with van der Waals surface area (Å²) >= 11 is 1.45. The van der Waals surface area contributed by atoms with Crippen LogP contribution in [0.2, 0.25) is 0 Å². The topological polar surface area (TPSA) is 90.7 Å². The Morgan fingerprint density at radius 2 is 1.81 bits per heavy atom. The van der Waals surface area contributed by atoms with Crippen molar-refractivity contribution in [3.8, 4) is 11.5 Å². The number of carbonyl (C=O) groups is 1. The molecule has 7 nitrogen and oxygen atoms in total. The molecule has 8 heteroatoms. The van der Waals surface area contributed by atoms with Crippen molar-refractivity contribution in [2.75, 3.05) is 20.0 Å². The van der Waals surface area contributed by atoms with E-state index in [0.29, 0.717) is 23.0 Å². The molecule has 1 N–H and O–H groups in total. The van der Waals surface area contributed by atoms with Gasteiger partial charge in [-0.15, -0.1) is 11.8 Å². The molecule has 0 saturated carbocycles. The van der Waals surface area contributed by atoms with Gasteiger partial charge in [-0.1, -0.05) is 18.2 Å². The van der Waals surface area contributed by atoms with E-state index in [1.165, 1.54) is 23.9 Å². The van der Waals surface area contributed by atoms with Crippen LogP contribution in [0.15, 0.2) is 42.5 Å². The van der Waals surface area contributed by atoms with E-state index in [9.17, 15) is 14.9 Å². The summed E-state index contributed by atoms with van der Waals surface area (Å²) in [6.45, 7) is 1.90. The highest BCUT2D eigenvalue weighted by molar-refractivity contribution is 7.99. The van der Waals surface area contributed by atoms with Crippen molar-refractivity contribution in [2.45, 2.75) is 18.7 Å². The van der Waals surface area contributed by atoms with Gasteiger partial charge in [0.05, 0.1) is 30.9 Å². The lowest BCUT2D eigenvalue weighted by Gasteiger charge is -2.16. The summed E-state index contributed by atoms with van der Waals surface area (Å²) in [6, 6.07) is 11.7. The van der Waals surface area contributed by atoms with Crippen LogP contribution < -0.4 is 14.8 Å². The molecule has 0 spiro atoms. The number of ether oxygens (including phenoxy) is 2. The maximum Gasteiger partial charge on any atom is 0.269 e. The number of hydrogen-bond donors (Lipinski definition) is 1. The van der Waals surface area contributed by atoms with Gasteiger partial charge < -0.3 is 14.8 Å². The van der Waals surface area contributed by atoms with Crippen LogP contribution in [0.25, 0.3) is 0 Å².